The van der Waals surface area contributed by atoms with E-state index in [1.54, 1.807) is 0 Å². The van der Waals surface area contributed by atoms with Crippen molar-refractivity contribution in [2.24, 2.45) is 0 Å². The number of benzene rings is 1. The summed E-state index contributed by atoms with van der Waals surface area (Å²) < 4.78 is 5.13. The number of aryl methyl sites for hydroxylation is 1. The van der Waals surface area contributed by atoms with Crippen LogP contribution in [0.2, 0.25) is 0 Å². The van der Waals surface area contributed by atoms with E-state index in [9.17, 15) is 4.79 Å². The van der Waals surface area contributed by atoms with Crippen LogP contribution in [0.3, 0.4) is 0 Å². The van der Waals surface area contributed by atoms with Crippen LogP contribution in [0.15, 0.2) is 29.8 Å². The van der Waals surface area contributed by atoms with Gasteiger partial charge in [-0.25, -0.2) is 0 Å². The molecule has 1 aromatic rings. The lowest BCUT2D eigenvalue weighted by Crippen LogP contribution is -2.03. The Morgan fingerprint density at radius 3 is 2.30 bits per heavy atom. The maximum Gasteiger partial charge on any atom is 0.302 e. The number of hydrogen-bond acceptors (Lipinski definition) is 2. The zero-order chi connectivity index (χ0) is 16.9. The maximum absolute atomic E-state index is 11.0. The highest BCUT2D eigenvalue weighted by Gasteiger charge is 2.01. The van der Waals surface area contributed by atoms with Crippen LogP contribution < -0.4 is 0 Å². The number of hydrogen-bond donors (Lipinski definition) is 0. The molecule has 0 saturated heterocycles. The van der Waals surface area contributed by atoms with E-state index < -0.39 is 0 Å². The second-order valence-corrected chi connectivity index (χ2v) is 6.24. The first-order valence-electron chi connectivity index (χ1n) is 9.07. The number of esters is 1. The highest BCUT2D eigenvalue weighted by Crippen LogP contribution is 2.15. The minimum Gasteiger partial charge on any atom is -0.461 e. The molecule has 2 nitrogen and oxygen atoms in total. The predicted octanol–water partition coefficient (Wildman–Crippen LogP) is 5.95. The van der Waals surface area contributed by atoms with Crippen molar-refractivity contribution >= 4 is 12.0 Å². The summed E-state index contributed by atoms with van der Waals surface area (Å²) in [5.74, 6) is -0.217. The Morgan fingerprint density at radius 2 is 1.70 bits per heavy atom. The van der Waals surface area contributed by atoms with Gasteiger partial charge < -0.3 is 4.74 Å². The first kappa shape index (κ1) is 19.5. The minimum absolute atomic E-state index is 0.217. The van der Waals surface area contributed by atoms with Gasteiger partial charge >= 0.3 is 5.97 Å². The number of carbonyl (C=O) groups excluding carboxylic acids is 1. The molecule has 0 heterocycles. The van der Waals surface area contributed by atoms with E-state index in [4.69, 9.17) is 4.74 Å². The van der Waals surface area contributed by atoms with Crippen molar-refractivity contribution < 1.29 is 9.53 Å². The molecule has 0 saturated carbocycles. The second-order valence-electron chi connectivity index (χ2n) is 6.24. The fraction of sp³-hybridized carbons (Fsp3) is 0.571. The van der Waals surface area contributed by atoms with Crippen LogP contribution in [0.5, 0.6) is 0 Å². The van der Waals surface area contributed by atoms with E-state index in [0.29, 0.717) is 6.61 Å². The summed E-state index contributed by atoms with van der Waals surface area (Å²) in [7, 11) is 0. The zero-order valence-corrected chi connectivity index (χ0v) is 15.1. The van der Waals surface area contributed by atoms with Crippen molar-refractivity contribution in [3.8, 4) is 0 Å². The van der Waals surface area contributed by atoms with E-state index in [2.05, 4.69) is 44.2 Å². The van der Waals surface area contributed by atoms with E-state index >= 15 is 0 Å². The Hall–Kier alpha value is -1.57. The van der Waals surface area contributed by atoms with Crippen LogP contribution in [-0.4, -0.2) is 12.6 Å². The third kappa shape index (κ3) is 9.22. The first-order chi connectivity index (χ1) is 11.2. The largest absolute Gasteiger partial charge is 0.461 e. The monoisotopic (exact) mass is 316 g/mol. The molecule has 0 aliphatic carbocycles. The van der Waals surface area contributed by atoms with E-state index in [0.717, 1.165) is 12.8 Å². The summed E-state index contributed by atoms with van der Waals surface area (Å²) in [6.45, 7) is 6.25. The van der Waals surface area contributed by atoms with Crippen LogP contribution in [0.4, 0.5) is 0 Å². The summed E-state index contributed by atoms with van der Waals surface area (Å²) >= 11 is 0. The number of unbranched alkanes of at least 4 members (excludes halogenated alkanes) is 4. The molecule has 0 unspecified atom stereocenters. The molecular weight excluding hydrogens is 284 g/mol. The van der Waals surface area contributed by atoms with Gasteiger partial charge in [-0.3, -0.25) is 4.79 Å². The summed E-state index contributed by atoms with van der Waals surface area (Å²) in [6.07, 6.45) is 12.0. The lowest BCUT2D eigenvalue weighted by molar-refractivity contribution is -0.140. The zero-order valence-electron chi connectivity index (χ0n) is 15.1. The van der Waals surface area contributed by atoms with E-state index in [1.807, 2.05) is 0 Å². The van der Waals surface area contributed by atoms with Crippen LogP contribution in [0.25, 0.3) is 6.08 Å². The van der Waals surface area contributed by atoms with E-state index in [-0.39, 0.29) is 5.97 Å². The summed E-state index contributed by atoms with van der Waals surface area (Å²) in [5, 5.41) is 0. The summed E-state index contributed by atoms with van der Waals surface area (Å²) in [5.41, 5.74) is 3.78. The Kier molecular flexibility index (Phi) is 10.1. The third-order valence-electron chi connectivity index (χ3n) is 3.95. The Bertz CT molecular complexity index is 471. The smallest absolute Gasteiger partial charge is 0.302 e. The molecule has 2 heteroatoms. The lowest BCUT2D eigenvalue weighted by atomic mass is 10.0. The van der Waals surface area contributed by atoms with Crippen molar-refractivity contribution in [1.29, 1.82) is 0 Å². The van der Waals surface area contributed by atoms with Crippen molar-refractivity contribution in [3.05, 3.63) is 41.0 Å². The highest BCUT2D eigenvalue weighted by atomic mass is 16.5. The molecular formula is C21H32O2. The molecule has 0 aromatic heterocycles. The molecule has 0 atom stereocenters. The van der Waals surface area contributed by atoms with Gasteiger partial charge in [0.05, 0.1) is 0 Å². The van der Waals surface area contributed by atoms with E-state index in [1.165, 1.54) is 62.1 Å². The SMILES string of the molecule is CCCCCCCc1ccc(C=C(CCC)COC(C)=O)cc1. The molecule has 1 aromatic carbocycles. The number of carbonyl (C=O) groups is 1. The van der Waals surface area contributed by atoms with Gasteiger partial charge in [0.25, 0.3) is 0 Å². The number of ether oxygens (including phenoxy) is 1. The molecule has 128 valence electrons. The van der Waals surface area contributed by atoms with Crippen LogP contribution in [0.1, 0.15) is 76.8 Å². The molecule has 0 N–H and O–H groups in total. The Balaban J connectivity index is 2.52. The lowest BCUT2D eigenvalue weighted by Gasteiger charge is -2.07. The van der Waals surface area contributed by atoms with Crippen molar-refractivity contribution in [2.75, 3.05) is 6.61 Å². The van der Waals surface area contributed by atoms with Crippen LogP contribution in [0, 0.1) is 0 Å². The average molecular weight is 316 g/mol. The molecule has 0 radical (unpaired) electrons. The first-order valence-corrected chi connectivity index (χ1v) is 9.07. The molecule has 0 fully saturated rings. The number of rotatable bonds is 11. The molecule has 23 heavy (non-hydrogen) atoms. The molecule has 1 rings (SSSR count). The second kappa shape index (κ2) is 11.9. The van der Waals surface area contributed by atoms with Crippen LogP contribution >= 0.6 is 0 Å². The van der Waals surface area contributed by atoms with Gasteiger partial charge in [0.1, 0.15) is 6.61 Å². The topological polar surface area (TPSA) is 26.3 Å². The molecule has 0 aliphatic heterocycles. The third-order valence-corrected chi connectivity index (χ3v) is 3.95. The molecule has 0 bridgehead atoms. The molecule has 0 amide bonds. The van der Waals surface area contributed by atoms with Gasteiger partial charge in [0.2, 0.25) is 0 Å². The maximum atomic E-state index is 11.0. The standard InChI is InChI=1S/C21H32O2/c1-4-6-7-8-9-11-19-12-14-20(15-13-19)16-21(10-5-2)17-23-18(3)22/h12-16H,4-11,17H2,1-3H3. The minimum atomic E-state index is -0.217. The van der Waals surface area contributed by atoms with Gasteiger partial charge in [0.15, 0.2) is 0 Å². The van der Waals surface area contributed by atoms with Gasteiger partial charge in [-0.15, -0.1) is 0 Å². The molecule has 0 aliphatic rings. The summed E-state index contributed by atoms with van der Waals surface area (Å²) in [6, 6.07) is 8.79. The Morgan fingerprint density at radius 1 is 1.00 bits per heavy atom. The fourth-order valence-electron chi connectivity index (χ4n) is 2.65. The van der Waals surface area contributed by atoms with Gasteiger partial charge in [-0.05, 0) is 36.0 Å². The van der Waals surface area contributed by atoms with Gasteiger partial charge in [-0.2, -0.15) is 0 Å². The average Bonchev–Trinajstić information content (AvgIpc) is 2.54. The van der Waals surface area contributed by atoms with Gasteiger partial charge in [0, 0.05) is 6.92 Å². The molecule has 0 spiro atoms. The van der Waals surface area contributed by atoms with Crippen molar-refractivity contribution in [2.45, 2.75) is 72.1 Å². The van der Waals surface area contributed by atoms with Crippen molar-refractivity contribution in [3.63, 3.8) is 0 Å². The highest BCUT2D eigenvalue weighted by molar-refractivity contribution is 5.66. The normalized spacial score (nSPS) is 11.5. The summed E-state index contributed by atoms with van der Waals surface area (Å²) in [4.78, 5) is 11.0. The van der Waals surface area contributed by atoms with Crippen LogP contribution in [-0.2, 0) is 16.0 Å². The predicted molar refractivity (Wildman–Crippen MR) is 98.4 cm³/mol. The Labute approximate surface area is 141 Å². The fourth-order valence-corrected chi connectivity index (χ4v) is 2.65. The quantitative estimate of drug-likeness (QED) is 0.372. The van der Waals surface area contributed by atoms with Gasteiger partial charge in [-0.1, -0.05) is 76.3 Å². The van der Waals surface area contributed by atoms with Crippen molar-refractivity contribution in [1.82, 2.24) is 0 Å².